The van der Waals surface area contributed by atoms with Crippen LogP contribution in [0.15, 0.2) is 35.5 Å². The molecular formula is C25H31N3O3S. The molecule has 1 heterocycles. The largest absolute Gasteiger partial charge is 0.481 e. The van der Waals surface area contributed by atoms with Crippen molar-refractivity contribution in [3.8, 4) is 5.69 Å². The molecule has 1 aromatic carbocycles. The van der Waals surface area contributed by atoms with E-state index in [2.05, 4.69) is 17.3 Å². The van der Waals surface area contributed by atoms with Gasteiger partial charge in [-0.15, -0.1) is 11.8 Å². The van der Waals surface area contributed by atoms with Crippen LogP contribution in [0.2, 0.25) is 0 Å². The van der Waals surface area contributed by atoms with Gasteiger partial charge in [0, 0.05) is 6.04 Å². The number of carbonyl (C=O) groups excluding carboxylic acids is 1. The topological polar surface area (TPSA) is 84.2 Å². The summed E-state index contributed by atoms with van der Waals surface area (Å²) < 4.78 is 1.82. The van der Waals surface area contributed by atoms with Crippen LogP contribution in [0.3, 0.4) is 0 Å². The molecule has 4 aliphatic rings. The zero-order valence-electron chi connectivity index (χ0n) is 18.5. The van der Waals surface area contributed by atoms with E-state index in [0.29, 0.717) is 23.4 Å². The van der Waals surface area contributed by atoms with Crippen molar-refractivity contribution in [2.24, 2.45) is 23.7 Å². The van der Waals surface area contributed by atoms with Crippen molar-refractivity contribution in [3.05, 3.63) is 41.6 Å². The standard InChI is InChI=1S/C25H31N3O3S/c1-2-7-32-25-21(14-26-28(25)20-5-3-15(4-6-20)13-22(29)30)24(31)27-23-18-9-16-8-17(11-18)12-19(23)10-16/h3-6,14,16-19,23H,2,7-13H2,1H3,(H,27,31)(H,29,30). The second kappa shape index (κ2) is 8.93. The highest BCUT2D eigenvalue weighted by molar-refractivity contribution is 7.99. The highest BCUT2D eigenvalue weighted by Gasteiger charge is 2.48. The van der Waals surface area contributed by atoms with E-state index in [1.807, 2.05) is 28.9 Å². The number of amides is 1. The van der Waals surface area contributed by atoms with Gasteiger partial charge in [-0.1, -0.05) is 19.1 Å². The third-order valence-corrected chi connectivity index (χ3v) is 8.75. The van der Waals surface area contributed by atoms with Gasteiger partial charge in [-0.05, 0) is 85.6 Å². The van der Waals surface area contributed by atoms with E-state index in [4.69, 9.17) is 5.11 Å². The number of benzene rings is 1. The lowest BCUT2D eigenvalue weighted by molar-refractivity contribution is -0.136. The van der Waals surface area contributed by atoms with Gasteiger partial charge in [0.15, 0.2) is 0 Å². The molecular weight excluding hydrogens is 422 g/mol. The van der Waals surface area contributed by atoms with Crippen LogP contribution in [0.5, 0.6) is 0 Å². The molecule has 2 aromatic rings. The molecule has 0 saturated heterocycles. The summed E-state index contributed by atoms with van der Waals surface area (Å²) in [7, 11) is 0. The first-order valence-electron chi connectivity index (χ1n) is 11.8. The van der Waals surface area contributed by atoms with Crippen LogP contribution in [-0.2, 0) is 11.2 Å². The van der Waals surface area contributed by atoms with Gasteiger partial charge in [0.1, 0.15) is 5.03 Å². The lowest BCUT2D eigenvalue weighted by Gasteiger charge is -2.54. The van der Waals surface area contributed by atoms with Crippen LogP contribution in [0, 0.1) is 23.7 Å². The van der Waals surface area contributed by atoms with Crippen LogP contribution < -0.4 is 5.32 Å². The quantitative estimate of drug-likeness (QED) is 0.573. The van der Waals surface area contributed by atoms with Gasteiger partial charge in [-0.2, -0.15) is 5.10 Å². The lowest BCUT2D eigenvalue weighted by atomic mass is 9.54. The molecule has 4 saturated carbocycles. The predicted molar refractivity (Wildman–Crippen MR) is 124 cm³/mol. The molecule has 6 rings (SSSR count). The van der Waals surface area contributed by atoms with Crippen molar-refractivity contribution < 1.29 is 14.7 Å². The summed E-state index contributed by atoms with van der Waals surface area (Å²) in [4.78, 5) is 24.4. The number of hydrogen-bond acceptors (Lipinski definition) is 4. The van der Waals surface area contributed by atoms with Gasteiger partial charge >= 0.3 is 5.97 Å². The summed E-state index contributed by atoms with van der Waals surface area (Å²) in [5.41, 5.74) is 2.23. The van der Waals surface area contributed by atoms with Gasteiger partial charge in [-0.25, -0.2) is 4.68 Å². The molecule has 7 heteroatoms. The van der Waals surface area contributed by atoms with Crippen molar-refractivity contribution in [1.29, 1.82) is 0 Å². The average Bonchev–Trinajstić information content (AvgIpc) is 3.18. The van der Waals surface area contributed by atoms with Crippen LogP contribution in [-0.4, -0.2) is 38.6 Å². The third kappa shape index (κ3) is 4.19. The second-order valence-corrected chi connectivity index (χ2v) is 10.9. The van der Waals surface area contributed by atoms with Crippen LogP contribution in [0.1, 0.15) is 61.4 Å². The first-order chi connectivity index (χ1) is 15.5. The maximum absolute atomic E-state index is 13.4. The SMILES string of the molecule is CCCSc1c(C(=O)NC2C3CC4CC(C3)CC2C4)cnn1-c1ccc(CC(=O)O)cc1. The molecule has 170 valence electrons. The Bertz CT molecular complexity index is 972. The Hall–Kier alpha value is -2.28. The van der Waals surface area contributed by atoms with Crippen LogP contribution in [0.25, 0.3) is 5.69 Å². The molecule has 6 nitrogen and oxygen atoms in total. The summed E-state index contributed by atoms with van der Waals surface area (Å²) in [6.45, 7) is 2.13. The Morgan fingerprint density at radius 3 is 2.34 bits per heavy atom. The maximum Gasteiger partial charge on any atom is 0.307 e. The number of rotatable bonds is 8. The molecule has 0 unspecified atom stereocenters. The highest BCUT2D eigenvalue weighted by Crippen LogP contribution is 2.53. The Labute approximate surface area is 193 Å². The normalized spacial score (nSPS) is 28.1. The fourth-order valence-corrected chi connectivity index (χ4v) is 7.31. The molecule has 32 heavy (non-hydrogen) atoms. The number of nitrogens with one attached hydrogen (secondary N) is 1. The number of carbonyl (C=O) groups is 2. The summed E-state index contributed by atoms with van der Waals surface area (Å²) in [5.74, 6) is 3.09. The second-order valence-electron chi connectivity index (χ2n) is 9.79. The highest BCUT2D eigenvalue weighted by atomic mass is 32.2. The molecule has 1 aromatic heterocycles. The first-order valence-corrected chi connectivity index (χ1v) is 12.8. The van der Waals surface area contributed by atoms with Gasteiger partial charge < -0.3 is 10.4 Å². The Morgan fingerprint density at radius 1 is 1.09 bits per heavy atom. The van der Waals surface area contributed by atoms with Crippen LogP contribution >= 0.6 is 11.8 Å². The molecule has 0 aliphatic heterocycles. The Balaban J connectivity index is 1.37. The summed E-state index contributed by atoms with van der Waals surface area (Å²) in [6.07, 6.45) is 9.20. The molecule has 4 aliphatic carbocycles. The van der Waals surface area contributed by atoms with Gasteiger partial charge in [-0.3, -0.25) is 9.59 Å². The molecule has 1 amide bonds. The zero-order valence-corrected chi connectivity index (χ0v) is 19.3. The van der Waals surface area contributed by atoms with E-state index < -0.39 is 5.97 Å². The molecule has 0 atom stereocenters. The minimum Gasteiger partial charge on any atom is -0.481 e. The Morgan fingerprint density at radius 2 is 1.75 bits per heavy atom. The smallest absolute Gasteiger partial charge is 0.307 e. The van der Waals surface area contributed by atoms with E-state index in [1.54, 1.807) is 18.0 Å². The number of thioether (sulfide) groups is 1. The van der Waals surface area contributed by atoms with Crippen molar-refractivity contribution >= 4 is 23.6 Å². The summed E-state index contributed by atoms with van der Waals surface area (Å²) >= 11 is 1.65. The average molecular weight is 454 g/mol. The van der Waals surface area contributed by atoms with Crippen molar-refractivity contribution in [2.75, 3.05) is 5.75 Å². The van der Waals surface area contributed by atoms with Crippen molar-refractivity contribution in [2.45, 2.75) is 62.9 Å². The fraction of sp³-hybridized carbons (Fsp3) is 0.560. The van der Waals surface area contributed by atoms with Gasteiger partial charge in [0.05, 0.1) is 23.9 Å². The van der Waals surface area contributed by atoms with E-state index in [0.717, 1.165) is 40.3 Å². The zero-order chi connectivity index (χ0) is 22.2. The van der Waals surface area contributed by atoms with E-state index in [9.17, 15) is 9.59 Å². The lowest BCUT2D eigenvalue weighted by Crippen LogP contribution is -2.55. The van der Waals surface area contributed by atoms with Gasteiger partial charge in [0.2, 0.25) is 0 Å². The number of aromatic nitrogens is 2. The number of hydrogen-bond donors (Lipinski definition) is 2. The molecule has 0 spiro atoms. The summed E-state index contributed by atoms with van der Waals surface area (Å²) in [6, 6.07) is 7.68. The molecule has 4 fully saturated rings. The van der Waals surface area contributed by atoms with E-state index in [-0.39, 0.29) is 12.3 Å². The number of carboxylic acids is 1. The third-order valence-electron chi connectivity index (χ3n) is 7.47. The molecule has 2 N–H and O–H groups in total. The number of aliphatic carboxylic acids is 1. The summed E-state index contributed by atoms with van der Waals surface area (Å²) in [5, 5.41) is 17.8. The van der Waals surface area contributed by atoms with Gasteiger partial charge in [0.25, 0.3) is 5.91 Å². The number of carboxylic acid groups (broad SMARTS) is 1. The van der Waals surface area contributed by atoms with Crippen LogP contribution in [0.4, 0.5) is 0 Å². The van der Waals surface area contributed by atoms with Crippen molar-refractivity contribution in [3.63, 3.8) is 0 Å². The Kier molecular flexibility index (Phi) is 6.01. The molecule has 4 bridgehead atoms. The minimum atomic E-state index is -0.847. The number of nitrogens with zero attached hydrogens (tertiary/aromatic N) is 2. The first kappa shape index (κ1) is 21.6. The maximum atomic E-state index is 13.4. The monoisotopic (exact) mass is 453 g/mol. The van der Waals surface area contributed by atoms with E-state index >= 15 is 0 Å². The molecule has 0 radical (unpaired) electrons. The minimum absolute atomic E-state index is 0.00405. The fourth-order valence-electron chi connectivity index (χ4n) is 6.33. The van der Waals surface area contributed by atoms with E-state index in [1.165, 1.54) is 32.1 Å². The predicted octanol–water partition coefficient (Wildman–Crippen LogP) is 4.56. The van der Waals surface area contributed by atoms with Crippen molar-refractivity contribution in [1.82, 2.24) is 15.1 Å².